The quantitative estimate of drug-likeness (QED) is 0.853. The highest BCUT2D eigenvalue weighted by atomic mass is 16.1. The maximum Gasteiger partial charge on any atom is 0.233 e. The highest BCUT2D eigenvalue weighted by Gasteiger charge is 2.00. The summed E-state index contributed by atoms with van der Waals surface area (Å²) >= 11 is 0. The number of carbonyl (C=O) groups is 1. The van der Waals surface area contributed by atoms with E-state index in [2.05, 4.69) is 27.8 Å². The molecule has 2 N–H and O–H groups in total. The Balaban J connectivity index is 2.06. The molecule has 0 unspecified atom stereocenters. The fraction of sp³-hybridized carbons (Fsp3) is 0.286. The molecule has 94 valence electrons. The van der Waals surface area contributed by atoms with Gasteiger partial charge in [0.05, 0.1) is 12.1 Å². The van der Waals surface area contributed by atoms with Crippen LogP contribution < -0.4 is 10.6 Å². The first kappa shape index (κ1) is 12.5. The second-order valence-electron chi connectivity index (χ2n) is 4.26. The number of benzene rings is 1. The molecule has 4 nitrogen and oxygen atoms in total. The Hall–Kier alpha value is -1.94. The maximum absolute atomic E-state index is 11.1. The molecular weight excluding hydrogens is 226 g/mol. The molecule has 1 aromatic carbocycles. The maximum atomic E-state index is 11.1. The van der Waals surface area contributed by atoms with Crippen LogP contribution in [0.3, 0.4) is 0 Å². The monoisotopic (exact) mass is 243 g/mol. The van der Waals surface area contributed by atoms with Crippen LogP contribution in [0, 0.1) is 6.92 Å². The molecule has 4 heteroatoms. The van der Waals surface area contributed by atoms with E-state index < -0.39 is 0 Å². The molecule has 0 aliphatic rings. The van der Waals surface area contributed by atoms with Crippen molar-refractivity contribution in [2.75, 3.05) is 13.6 Å². The molecule has 0 spiro atoms. The van der Waals surface area contributed by atoms with Crippen molar-refractivity contribution < 1.29 is 4.79 Å². The Morgan fingerprint density at radius 3 is 2.89 bits per heavy atom. The smallest absolute Gasteiger partial charge is 0.233 e. The van der Waals surface area contributed by atoms with Gasteiger partial charge in [-0.3, -0.25) is 9.78 Å². The van der Waals surface area contributed by atoms with Gasteiger partial charge < -0.3 is 10.6 Å². The van der Waals surface area contributed by atoms with E-state index in [1.54, 1.807) is 7.05 Å². The van der Waals surface area contributed by atoms with E-state index in [-0.39, 0.29) is 5.91 Å². The minimum Gasteiger partial charge on any atom is -0.358 e. The van der Waals surface area contributed by atoms with E-state index in [1.807, 2.05) is 25.1 Å². The van der Waals surface area contributed by atoms with Crippen LogP contribution in [0.5, 0.6) is 0 Å². The van der Waals surface area contributed by atoms with Gasteiger partial charge in [-0.05, 0) is 30.7 Å². The highest BCUT2D eigenvalue weighted by molar-refractivity contribution is 5.79. The van der Waals surface area contributed by atoms with E-state index in [9.17, 15) is 4.79 Å². The number of hydrogen-bond acceptors (Lipinski definition) is 3. The lowest BCUT2D eigenvalue weighted by Crippen LogP contribution is -2.30. The zero-order chi connectivity index (χ0) is 13.0. The second-order valence-corrected chi connectivity index (χ2v) is 4.26. The predicted octanol–water partition coefficient (Wildman–Crippen LogP) is 1.38. The Bertz CT molecular complexity index is 566. The van der Waals surface area contributed by atoms with Crippen molar-refractivity contribution >= 4 is 16.8 Å². The fourth-order valence-corrected chi connectivity index (χ4v) is 1.80. The Labute approximate surface area is 106 Å². The summed E-state index contributed by atoms with van der Waals surface area (Å²) in [6, 6.07) is 10.2. The summed E-state index contributed by atoms with van der Waals surface area (Å²) in [6.45, 7) is 3.00. The topological polar surface area (TPSA) is 54.0 Å². The molecule has 0 aliphatic heterocycles. The summed E-state index contributed by atoms with van der Waals surface area (Å²) in [5.74, 6) is -0.00641. The molecule has 0 radical (unpaired) electrons. The number of amides is 1. The van der Waals surface area contributed by atoms with E-state index in [0.29, 0.717) is 13.1 Å². The number of nitrogens with one attached hydrogen (secondary N) is 2. The summed E-state index contributed by atoms with van der Waals surface area (Å²) < 4.78 is 0. The molecule has 1 amide bonds. The number of carbonyl (C=O) groups excluding carboxylic acids is 1. The number of fused-ring (bicyclic) bond motifs is 1. The van der Waals surface area contributed by atoms with Crippen molar-refractivity contribution in [2.45, 2.75) is 13.5 Å². The molecule has 2 aromatic rings. The van der Waals surface area contributed by atoms with Crippen LogP contribution in [0.4, 0.5) is 0 Å². The molecule has 0 fully saturated rings. The van der Waals surface area contributed by atoms with Gasteiger partial charge in [0.2, 0.25) is 5.91 Å². The SMILES string of the molecule is CNC(=O)CNCc1ccc2nc(C)ccc2c1. The van der Waals surface area contributed by atoms with Crippen molar-refractivity contribution in [3.63, 3.8) is 0 Å². The van der Waals surface area contributed by atoms with Gasteiger partial charge in [0.25, 0.3) is 0 Å². The van der Waals surface area contributed by atoms with Crippen LogP contribution in [-0.4, -0.2) is 24.5 Å². The van der Waals surface area contributed by atoms with Gasteiger partial charge in [0, 0.05) is 24.7 Å². The third-order valence-corrected chi connectivity index (χ3v) is 2.79. The second kappa shape index (κ2) is 5.60. The van der Waals surface area contributed by atoms with Crippen LogP contribution in [-0.2, 0) is 11.3 Å². The lowest BCUT2D eigenvalue weighted by molar-refractivity contribution is -0.119. The third kappa shape index (κ3) is 3.05. The van der Waals surface area contributed by atoms with E-state index in [1.165, 1.54) is 0 Å². The van der Waals surface area contributed by atoms with Gasteiger partial charge in [-0.15, -0.1) is 0 Å². The molecular formula is C14H17N3O. The number of pyridine rings is 1. The minimum atomic E-state index is -0.00641. The highest BCUT2D eigenvalue weighted by Crippen LogP contribution is 2.14. The zero-order valence-corrected chi connectivity index (χ0v) is 10.7. The molecule has 0 aliphatic carbocycles. The van der Waals surface area contributed by atoms with Crippen LogP contribution in [0.1, 0.15) is 11.3 Å². The fourth-order valence-electron chi connectivity index (χ4n) is 1.80. The number of hydrogen-bond donors (Lipinski definition) is 2. The third-order valence-electron chi connectivity index (χ3n) is 2.79. The number of nitrogens with zero attached hydrogens (tertiary/aromatic N) is 1. The normalized spacial score (nSPS) is 10.6. The molecule has 0 atom stereocenters. The molecule has 2 rings (SSSR count). The summed E-state index contributed by atoms with van der Waals surface area (Å²) in [6.07, 6.45) is 0. The summed E-state index contributed by atoms with van der Waals surface area (Å²) in [5.41, 5.74) is 3.18. The predicted molar refractivity (Wildman–Crippen MR) is 72.3 cm³/mol. The number of rotatable bonds is 4. The van der Waals surface area contributed by atoms with Crippen LogP contribution in [0.15, 0.2) is 30.3 Å². The lowest BCUT2D eigenvalue weighted by Gasteiger charge is -2.05. The zero-order valence-electron chi connectivity index (χ0n) is 10.7. The molecule has 1 heterocycles. The summed E-state index contributed by atoms with van der Waals surface area (Å²) in [4.78, 5) is 15.5. The first-order valence-electron chi connectivity index (χ1n) is 5.96. The Morgan fingerprint density at radius 1 is 1.28 bits per heavy atom. The molecule has 18 heavy (non-hydrogen) atoms. The first-order chi connectivity index (χ1) is 8.69. The van der Waals surface area contributed by atoms with Crippen LogP contribution >= 0.6 is 0 Å². The molecule has 0 saturated heterocycles. The lowest BCUT2D eigenvalue weighted by atomic mass is 10.1. The first-order valence-corrected chi connectivity index (χ1v) is 5.96. The van der Waals surface area contributed by atoms with Crippen molar-refractivity contribution in [1.82, 2.24) is 15.6 Å². The average Bonchev–Trinajstić information content (AvgIpc) is 2.38. The van der Waals surface area contributed by atoms with Gasteiger partial charge in [0.1, 0.15) is 0 Å². The number of aromatic nitrogens is 1. The standard InChI is InChI=1S/C14H17N3O/c1-10-3-5-12-7-11(4-6-13(12)17-10)8-16-9-14(18)15-2/h3-7,16H,8-9H2,1-2H3,(H,15,18). The van der Waals surface area contributed by atoms with E-state index in [4.69, 9.17) is 0 Å². The van der Waals surface area contributed by atoms with E-state index >= 15 is 0 Å². The molecule has 1 aromatic heterocycles. The van der Waals surface area contributed by atoms with Gasteiger partial charge in [-0.2, -0.15) is 0 Å². The van der Waals surface area contributed by atoms with Gasteiger partial charge in [0.15, 0.2) is 0 Å². The van der Waals surface area contributed by atoms with Crippen molar-refractivity contribution in [2.24, 2.45) is 0 Å². The number of aryl methyl sites for hydroxylation is 1. The Morgan fingerprint density at radius 2 is 2.11 bits per heavy atom. The van der Waals surface area contributed by atoms with Gasteiger partial charge in [-0.25, -0.2) is 0 Å². The van der Waals surface area contributed by atoms with Crippen LogP contribution in [0.25, 0.3) is 10.9 Å². The Kier molecular flexibility index (Phi) is 3.89. The average molecular weight is 243 g/mol. The minimum absolute atomic E-state index is 0.00641. The van der Waals surface area contributed by atoms with Gasteiger partial charge >= 0.3 is 0 Å². The van der Waals surface area contributed by atoms with Crippen molar-refractivity contribution in [1.29, 1.82) is 0 Å². The summed E-state index contributed by atoms with van der Waals surface area (Å²) in [7, 11) is 1.63. The van der Waals surface area contributed by atoms with E-state index in [0.717, 1.165) is 22.2 Å². The van der Waals surface area contributed by atoms with Crippen LogP contribution in [0.2, 0.25) is 0 Å². The van der Waals surface area contributed by atoms with Crippen molar-refractivity contribution in [3.8, 4) is 0 Å². The van der Waals surface area contributed by atoms with Crippen molar-refractivity contribution in [3.05, 3.63) is 41.6 Å². The molecule has 0 saturated carbocycles. The summed E-state index contributed by atoms with van der Waals surface area (Å²) in [5, 5.41) is 6.80. The van der Waals surface area contributed by atoms with Gasteiger partial charge in [-0.1, -0.05) is 12.1 Å². The number of likely N-dealkylation sites (N-methyl/N-ethyl adjacent to an activating group) is 1. The largest absolute Gasteiger partial charge is 0.358 e. The molecule has 0 bridgehead atoms.